The molecule has 1 aliphatic rings. The van der Waals surface area contributed by atoms with Crippen molar-refractivity contribution in [1.82, 2.24) is 19.7 Å². The van der Waals surface area contributed by atoms with E-state index >= 15 is 0 Å². The predicted octanol–water partition coefficient (Wildman–Crippen LogP) is 3.01. The van der Waals surface area contributed by atoms with Gasteiger partial charge >= 0.3 is 10.3 Å². The van der Waals surface area contributed by atoms with Gasteiger partial charge in [0, 0.05) is 22.4 Å². The second-order valence-corrected chi connectivity index (χ2v) is 10.2. The molecular weight excluding hydrogens is 522 g/mol. The average molecular weight is 543 g/mol. The summed E-state index contributed by atoms with van der Waals surface area (Å²) < 4.78 is 42.8. The van der Waals surface area contributed by atoms with Crippen LogP contribution in [0.15, 0.2) is 43.0 Å². The van der Waals surface area contributed by atoms with E-state index in [1.165, 1.54) is 12.5 Å². The van der Waals surface area contributed by atoms with Crippen LogP contribution in [-0.4, -0.2) is 52.8 Å². The highest BCUT2D eigenvalue weighted by molar-refractivity contribution is 7.84. The van der Waals surface area contributed by atoms with E-state index in [4.69, 9.17) is 28.3 Å². The summed E-state index contributed by atoms with van der Waals surface area (Å²) >= 11 is 12.2. The van der Waals surface area contributed by atoms with Gasteiger partial charge in [0.2, 0.25) is 5.78 Å². The number of hydrogen-bond donors (Lipinski definition) is 2. The largest absolute Gasteiger partial charge is 0.364 e. The number of nitrogens with zero attached hydrogens (tertiary/aromatic N) is 4. The van der Waals surface area contributed by atoms with Crippen molar-refractivity contribution in [2.24, 2.45) is 11.1 Å². The number of carbonyl (C=O) groups excluding carboxylic acids is 1. The molecule has 0 spiro atoms. The number of carbonyl (C=O) groups is 1. The Morgan fingerprint density at radius 2 is 2.09 bits per heavy atom. The van der Waals surface area contributed by atoms with Crippen LogP contribution in [0.2, 0.25) is 10.0 Å². The summed E-state index contributed by atoms with van der Waals surface area (Å²) in [4.78, 5) is 21.2. The third kappa shape index (κ3) is 6.53. The summed E-state index contributed by atoms with van der Waals surface area (Å²) in [6, 6.07) is 5.92. The maximum Gasteiger partial charge on any atom is 0.333 e. The fourth-order valence-corrected chi connectivity index (χ4v) is 4.65. The first-order valence-corrected chi connectivity index (χ1v) is 12.7. The number of ketones is 1. The number of anilines is 1. The van der Waals surface area contributed by atoms with Gasteiger partial charge in [-0.3, -0.25) is 13.7 Å². The highest BCUT2D eigenvalue weighted by Crippen LogP contribution is 2.32. The Morgan fingerprint density at radius 3 is 2.86 bits per heavy atom. The topological polar surface area (TPSA) is 142 Å². The Hall–Kier alpha value is -2.64. The number of rotatable bonds is 9. The Morgan fingerprint density at radius 1 is 1.29 bits per heavy atom. The predicted molar refractivity (Wildman–Crippen MR) is 127 cm³/mol. The van der Waals surface area contributed by atoms with Gasteiger partial charge in [0.15, 0.2) is 0 Å². The summed E-state index contributed by atoms with van der Waals surface area (Å²) in [7, 11) is -4.11. The van der Waals surface area contributed by atoms with Crippen LogP contribution in [0.5, 0.6) is 0 Å². The maximum absolute atomic E-state index is 14.6. The summed E-state index contributed by atoms with van der Waals surface area (Å²) in [5.74, 6) is -0.666. The number of hydrogen-bond acceptors (Lipinski definition) is 8. The van der Waals surface area contributed by atoms with Crippen molar-refractivity contribution < 1.29 is 21.8 Å². The van der Waals surface area contributed by atoms with Gasteiger partial charge in [-0.2, -0.15) is 13.5 Å². The van der Waals surface area contributed by atoms with E-state index in [9.17, 15) is 17.6 Å². The number of nitrogens with one attached hydrogen (secondary N) is 1. The van der Waals surface area contributed by atoms with Crippen LogP contribution in [0.25, 0.3) is 0 Å². The number of alkyl halides is 1. The molecule has 186 valence electrons. The van der Waals surface area contributed by atoms with E-state index in [0.29, 0.717) is 16.6 Å². The molecule has 35 heavy (non-hydrogen) atoms. The summed E-state index contributed by atoms with van der Waals surface area (Å²) in [6.07, 6.45) is 3.24. The van der Waals surface area contributed by atoms with Gasteiger partial charge in [-0.25, -0.2) is 19.5 Å². The van der Waals surface area contributed by atoms with Crippen LogP contribution in [0, 0.1) is 5.92 Å². The molecule has 3 aromatic rings. The number of halogens is 3. The fraction of sp³-hybridized carbons (Fsp3) is 0.333. The van der Waals surface area contributed by atoms with Crippen molar-refractivity contribution in [2.75, 3.05) is 11.9 Å². The Kier molecular flexibility index (Phi) is 7.67. The van der Waals surface area contributed by atoms with Crippen LogP contribution < -0.4 is 10.5 Å². The summed E-state index contributed by atoms with van der Waals surface area (Å²) in [5.41, 5.74) is 1.00. The Bertz CT molecular complexity index is 1340. The number of benzene rings is 1. The fourth-order valence-electron chi connectivity index (χ4n) is 3.90. The molecule has 1 aliphatic carbocycles. The normalized spacial score (nSPS) is 20.2. The minimum absolute atomic E-state index is 0.0814. The van der Waals surface area contributed by atoms with Crippen molar-refractivity contribution in [3.63, 3.8) is 0 Å². The first-order chi connectivity index (χ1) is 16.6. The minimum Gasteiger partial charge on any atom is -0.364 e. The van der Waals surface area contributed by atoms with Crippen molar-refractivity contribution in [3.05, 3.63) is 69.9 Å². The highest BCUT2D eigenvalue weighted by atomic mass is 35.5. The molecule has 0 amide bonds. The smallest absolute Gasteiger partial charge is 0.333 e. The van der Waals surface area contributed by atoms with Crippen LogP contribution in [0.4, 0.5) is 10.2 Å². The third-order valence-corrected chi connectivity index (χ3v) is 6.61. The molecule has 0 aliphatic heterocycles. The van der Waals surface area contributed by atoms with Gasteiger partial charge < -0.3 is 5.32 Å². The van der Waals surface area contributed by atoms with Crippen molar-refractivity contribution in [3.8, 4) is 0 Å². The van der Waals surface area contributed by atoms with Gasteiger partial charge in [0.25, 0.3) is 0 Å². The van der Waals surface area contributed by atoms with Crippen LogP contribution in [-0.2, 0) is 21.0 Å². The van der Waals surface area contributed by atoms with E-state index in [1.807, 2.05) is 0 Å². The molecule has 3 N–H and O–H groups in total. The van der Waals surface area contributed by atoms with E-state index < -0.39 is 28.3 Å². The Balaban J connectivity index is 1.46. The summed E-state index contributed by atoms with van der Waals surface area (Å²) in [6.45, 7) is 0.0811. The van der Waals surface area contributed by atoms with E-state index in [2.05, 4.69) is 24.6 Å². The lowest BCUT2D eigenvalue weighted by Gasteiger charge is -2.17. The van der Waals surface area contributed by atoms with E-state index in [1.54, 1.807) is 35.1 Å². The van der Waals surface area contributed by atoms with Gasteiger partial charge in [-0.15, -0.1) is 0 Å². The zero-order chi connectivity index (χ0) is 25.2. The van der Waals surface area contributed by atoms with Crippen molar-refractivity contribution in [1.29, 1.82) is 0 Å². The molecule has 0 unspecified atom stereocenters. The molecule has 1 fully saturated rings. The van der Waals surface area contributed by atoms with Gasteiger partial charge in [-0.05, 0) is 48.6 Å². The molecular formula is C21H21Cl2FN6O4S. The first kappa shape index (κ1) is 25.5. The summed E-state index contributed by atoms with van der Waals surface area (Å²) in [5, 5.41) is 13.2. The Labute approximate surface area is 210 Å². The van der Waals surface area contributed by atoms with Gasteiger partial charge in [0.1, 0.15) is 24.0 Å². The molecule has 1 saturated carbocycles. The zero-order valence-electron chi connectivity index (χ0n) is 18.1. The van der Waals surface area contributed by atoms with E-state index in [-0.39, 0.29) is 42.4 Å². The molecule has 4 rings (SSSR count). The van der Waals surface area contributed by atoms with Crippen LogP contribution in [0.1, 0.15) is 34.5 Å². The molecule has 14 heteroatoms. The number of nitrogens with two attached hydrogens (primary N) is 1. The van der Waals surface area contributed by atoms with Gasteiger partial charge in [0.05, 0.1) is 24.8 Å². The molecule has 2 heterocycles. The quantitative estimate of drug-likeness (QED) is 0.393. The SMILES string of the molecule is NS(=O)(=O)OC[C@@H]1C[C@H](F)[C@H](Nc2ncncc2C(=O)c2ccn(Cc3cc(Cl)ccc3Cl)n2)C1. The van der Waals surface area contributed by atoms with Crippen LogP contribution >= 0.6 is 23.2 Å². The molecule has 1 aromatic carbocycles. The molecule has 2 aromatic heterocycles. The van der Waals surface area contributed by atoms with E-state index in [0.717, 1.165) is 5.56 Å². The molecule has 0 saturated heterocycles. The zero-order valence-corrected chi connectivity index (χ0v) is 20.5. The van der Waals surface area contributed by atoms with Crippen molar-refractivity contribution >= 4 is 45.1 Å². The average Bonchev–Trinajstić information content (AvgIpc) is 3.41. The minimum atomic E-state index is -4.11. The second-order valence-electron chi connectivity index (χ2n) is 8.13. The monoisotopic (exact) mass is 542 g/mol. The molecule has 3 atom stereocenters. The molecule has 10 nitrogen and oxygen atoms in total. The lowest BCUT2D eigenvalue weighted by Crippen LogP contribution is -2.27. The standard InChI is InChI=1S/C21H21Cl2FN6O4S/c22-14-1-2-16(23)13(7-14)9-30-4-3-18(29-30)20(31)15-8-26-11-27-21(15)28-19-6-12(5-17(19)24)10-34-35(25,32)33/h1-4,7-8,11-12,17,19H,5-6,9-10H2,(H2,25,32,33)(H,26,27,28)/t12-,17+,19-/m1/s1. The van der Waals surface area contributed by atoms with Gasteiger partial charge in [-0.1, -0.05) is 23.2 Å². The lowest BCUT2D eigenvalue weighted by atomic mass is 10.1. The lowest BCUT2D eigenvalue weighted by molar-refractivity contribution is 0.103. The molecule has 0 bridgehead atoms. The highest BCUT2D eigenvalue weighted by Gasteiger charge is 2.36. The van der Waals surface area contributed by atoms with Crippen LogP contribution in [0.3, 0.4) is 0 Å². The third-order valence-electron chi connectivity index (χ3n) is 5.54. The van der Waals surface area contributed by atoms with Crippen molar-refractivity contribution in [2.45, 2.75) is 31.6 Å². The number of aromatic nitrogens is 4. The first-order valence-electron chi connectivity index (χ1n) is 10.5. The maximum atomic E-state index is 14.6. The molecule has 0 radical (unpaired) electrons. The second kappa shape index (κ2) is 10.5.